The Kier molecular flexibility index (Phi) is 7.13. The lowest BCUT2D eigenvalue weighted by Gasteiger charge is -2.14. The van der Waals surface area contributed by atoms with E-state index in [0.29, 0.717) is 39.9 Å². The van der Waals surface area contributed by atoms with Crippen LogP contribution in [0, 0.1) is 6.92 Å². The molecular weight excluding hydrogens is 443 g/mol. The van der Waals surface area contributed by atoms with Crippen molar-refractivity contribution in [2.75, 3.05) is 6.61 Å². The van der Waals surface area contributed by atoms with Crippen LogP contribution in [0.4, 0.5) is 0 Å². The third kappa shape index (κ3) is 5.14. The zero-order valence-corrected chi connectivity index (χ0v) is 19.4. The Morgan fingerprint density at radius 1 is 0.906 bits per heavy atom. The maximum absolute atomic E-state index is 13.2. The molecule has 0 aliphatic heterocycles. The van der Waals surface area contributed by atoms with Gasteiger partial charge in [-0.05, 0) is 86.3 Å². The van der Waals surface area contributed by atoms with Crippen molar-refractivity contribution in [3.63, 3.8) is 0 Å². The number of benzene rings is 3. The number of halogens is 2. The first-order chi connectivity index (χ1) is 15.5. The Hall–Kier alpha value is -2.82. The minimum absolute atomic E-state index is 0.0198. The van der Waals surface area contributed by atoms with Gasteiger partial charge in [-0.15, -0.1) is 0 Å². The van der Waals surface area contributed by atoms with Gasteiger partial charge in [-0.1, -0.05) is 35.3 Å². The van der Waals surface area contributed by atoms with E-state index in [1.54, 1.807) is 4.57 Å². The van der Waals surface area contributed by atoms with E-state index < -0.39 is 0 Å². The Labute approximate surface area is 197 Å². The minimum Gasteiger partial charge on any atom is -0.493 e. The smallest absolute Gasteiger partial charge is 0.261 e. The topological polar surface area (TPSA) is 44.1 Å². The van der Waals surface area contributed by atoms with Gasteiger partial charge in [0.25, 0.3) is 5.56 Å². The van der Waals surface area contributed by atoms with Gasteiger partial charge in [0.05, 0.1) is 17.5 Å². The van der Waals surface area contributed by atoms with Crippen LogP contribution in [-0.2, 0) is 6.54 Å². The van der Waals surface area contributed by atoms with Gasteiger partial charge in [-0.3, -0.25) is 9.36 Å². The molecule has 0 aliphatic rings. The van der Waals surface area contributed by atoms with Gasteiger partial charge in [-0.2, -0.15) is 0 Å². The monoisotopic (exact) mass is 466 g/mol. The lowest BCUT2D eigenvalue weighted by Crippen LogP contribution is -2.23. The molecule has 0 fully saturated rings. The van der Waals surface area contributed by atoms with E-state index in [1.165, 1.54) is 0 Å². The summed E-state index contributed by atoms with van der Waals surface area (Å²) in [6, 6.07) is 20.5. The van der Waals surface area contributed by atoms with Crippen LogP contribution in [0.15, 0.2) is 71.5 Å². The number of hydrogen-bond donors (Lipinski definition) is 0. The van der Waals surface area contributed by atoms with Crippen molar-refractivity contribution in [3.8, 4) is 17.1 Å². The highest BCUT2D eigenvalue weighted by Gasteiger charge is 2.12. The van der Waals surface area contributed by atoms with Crippen molar-refractivity contribution in [2.24, 2.45) is 0 Å². The third-order valence-electron chi connectivity index (χ3n) is 5.38. The second-order valence-electron chi connectivity index (χ2n) is 7.74. The Morgan fingerprint density at radius 3 is 2.44 bits per heavy atom. The molecule has 32 heavy (non-hydrogen) atoms. The fourth-order valence-electron chi connectivity index (χ4n) is 3.70. The second kappa shape index (κ2) is 10.2. The molecule has 0 saturated carbocycles. The van der Waals surface area contributed by atoms with Crippen molar-refractivity contribution in [1.82, 2.24) is 9.55 Å². The van der Waals surface area contributed by atoms with Gasteiger partial charge in [0.1, 0.15) is 11.6 Å². The van der Waals surface area contributed by atoms with Gasteiger partial charge < -0.3 is 4.74 Å². The van der Waals surface area contributed by atoms with E-state index in [2.05, 4.69) is 0 Å². The van der Waals surface area contributed by atoms with E-state index in [9.17, 15) is 4.79 Å². The highest BCUT2D eigenvalue weighted by Crippen LogP contribution is 2.23. The van der Waals surface area contributed by atoms with Crippen LogP contribution in [0.5, 0.6) is 5.75 Å². The first-order valence-corrected chi connectivity index (χ1v) is 11.4. The molecule has 0 aliphatic carbocycles. The van der Waals surface area contributed by atoms with Crippen LogP contribution < -0.4 is 10.3 Å². The maximum Gasteiger partial charge on any atom is 0.261 e. The van der Waals surface area contributed by atoms with E-state index in [4.69, 9.17) is 32.9 Å². The summed E-state index contributed by atoms with van der Waals surface area (Å²) in [6.45, 7) is 3.20. The lowest BCUT2D eigenvalue weighted by molar-refractivity contribution is 0.302. The van der Waals surface area contributed by atoms with E-state index >= 15 is 0 Å². The SMILES string of the molecule is Cc1cc(Cl)ccc1OCCCCCn1c(-c2ccc(Cl)cc2)nc2ccccc2c1=O. The number of aromatic nitrogens is 2. The number of para-hydroxylation sites is 1. The Balaban J connectivity index is 1.46. The van der Waals surface area contributed by atoms with Crippen molar-refractivity contribution in [1.29, 1.82) is 0 Å². The molecule has 0 bridgehead atoms. The number of aryl methyl sites for hydroxylation is 1. The van der Waals surface area contributed by atoms with Crippen molar-refractivity contribution in [3.05, 3.63) is 92.7 Å². The molecule has 4 nitrogen and oxygen atoms in total. The predicted octanol–water partition coefficient (Wildman–Crippen LogP) is 6.93. The fraction of sp³-hybridized carbons (Fsp3) is 0.231. The molecular formula is C26H24Cl2N2O2. The average molecular weight is 467 g/mol. The zero-order chi connectivity index (χ0) is 22.5. The molecule has 4 rings (SSSR count). The Morgan fingerprint density at radius 2 is 1.66 bits per heavy atom. The van der Waals surface area contributed by atoms with Gasteiger partial charge in [0, 0.05) is 22.2 Å². The quantitative estimate of drug-likeness (QED) is 0.264. The van der Waals surface area contributed by atoms with Gasteiger partial charge in [0.2, 0.25) is 0 Å². The Bertz CT molecular complexity index is 1280. The summed E-state index contributed by atoms with van der Waals surface area (Å²) >= 11 is 12.0. The number of unbranched alkanes of at least 4 members (excludes halogenated alkanes) is 2. The van der Waals surface area contributed by atoms with Gasteiger partial charge >= 0.3 is 0 Å². The summed E-state index contributed by atoms with van der Waals surface area (Å²) < 4.78 is 7.65. The summed E-state index contributed by atoms with van der Waals surface area (Å²) in [4.78, 5) is 18.0. The molecule has 3 aromatic carbocycles. The molecule has 0 saturated heterocycles. The zero-order valence-electron chi connectivity index (χ0n) is 17.9. The molecule has 6 heteroatoms. The first-order valence-electron chi connectivity index (χ1n) is 10.7. The standard InChI is InChI=1S/C26H24Cl2N2O2/c1-18-17-21(28)13-14-24(18)32-16-6-2-5-15-30-25(19-9-11-20(27)12-10-19)29-23-8-4-3-7-22(23)26(30)31/h3-4,7-14,17H,2,5-6,15-16H2,1H3. The molecule has 0 radical (unpaired) electrons. The van der Waals surface area contributed by atoms with Gasteiger partial charge in [-0.25, -0.2) is 4.98 Å². The molecule has 0 N–H and O–H groups in total. The van der Waals surface area contributed by atoms with Crippen LogP contribution in [0.3, 0.4) is 0 Å². The van der Waals surface area contributed by atoms with Crippen LogP contribution >= 0.6 is 23.2 Å². The summed E-state index contributed by atoms with van der Waals surface area (Å²) in [7, 11) is 0. The third-order valence-corrected chi connectivity index (χ3v) is 5.87. The maximum atomic E-state index is 13.2. The molecule has 0 amide bonds. The molecule has 0 unspecified atom stereocenters. The summed E-state index contributed by atoms with van der Waals surface area (Å²) in [6.07, 6.45) is 2.68. The van der Waals surface area contributed by atoms with Crippen LogP contribution in [-0.4, -0.2) is 16.2 Å². The normalized spacial score (nSPS) is 11.1. The van der Waals surface area contributed by atoms with E-state index in [1.807, 2.05) is 73.7 Å². The first kappa shape index (κ1) is 22.4. The number of nitrogens with zero attached hydrogens (tertiary/aromatic N) is 2. The second-order valence-corrected chi connectivity index (χ2v) is 8.61. The number of ether oxygens (including phenoxy) is 1. The molecule has 0 atom stereocenters. The van der Waals surface area contributed by atoms with E-state index in [0.717, 1.165) is 36.1 Å². The number of hydrogen-bond acceptors (Lipinski definition) is 3. The summed E-state index contributed by atoms with van der Waals surface area (Å²) in [5.41, 5.74) is 2.58. The molecule has 164 valence electrons. The average Bonchev–Trinajstić information content (AvgIpc) is 2.79. The summed E-state index contributed by atoms with van der Waals surface area (Å²) in [5.74, 6) is 1.52. The molecule has 4 aromatic rings. The predicted molar refractivity (Wildman–Crippen MR) is 132 cm³/mol. The van der Waals surface area contributed by atoms with Crippen molar-refractivity contribution >= 4 is 34.1 Å². The van der Waals surface area contributed by atoms with Crippen LogP contribution in [0.25, 0.3) is 22.3 Å². The number of rotatable bonds is 8. The number of fused-ring (bicyclic) bond motifs is 1. The lowest BCUT2D eigenvalue weighted by atomic mass is 10.1. The van der Waals surface area contributed by atoms with E-state index in [-0.39, 0.29) is 5.56 Å². The van der Waals surface area contributed by atoms with Crippen LogP contribution in [0.1, 0.15) is 24.8 Å². The molecule has 1 aromatic heterocycles. The van der Waals surface area contributed by atoms with Crippen molar-refractivity contribution in [2.45, 2.75) is 32.7 Å². The fourth-order valence-corrected chi connectivity index (χ4v) is 4.05. The van der Waals surface area contributed by atoms with Gasteiger partial charge in [0.15, 0.2) is 0 Å². The highest BCUT2D eigenvalue weighted by atomic mass is 35.5. The highest BCUT2D eigenvalue weighted by molar-refractivity contribution is 6.30. The largest absolute Gasteiger partial charge is 0.493 e. The summed E-state index contributed by atoms with van der Waals surface area (Å²) in [5, 5.41) is 1.99. The van der Waals surface area contributed by atoms with Crippen LogP contribution in [0.2, 0.25) is 10.0 Å². The minimum atomic E-state index is -0.0198. The molecule has 0 spiro atoms. The van der Waals surface area contributed by atoms with Crippen molar-refractivity contribution < 1.29 is 4.74 Å². The molecule has 1 heterocycles.